The van der Waals surface area contributed by atoms with E-state index in [0.29, 0.717) is 5.30 Å². The van der Waals surface area contributed by atoms with Crippen molar-refractivity contribution in [2.75, 3.05) is 7.11 Å². The summed E-state index contributed by atoms with van der Waals surface area (Å²) in [6.07, 6.45) is 0. The maximum Gasteiger partial charge on any atom is 0.0396 e. The van der Waals surface area contributed by atoms with Gasteiger partial charge in [-0.05, 0) is 5.30 Å². The molecule has 4 heteroatoms. The van der Waals surface area contributed by atoms with Gasteiger partial charge in [0, 0.05) is 13.6 Å². The minimum Gasteiger partial charge on any atom is -0.797 e. The molecule has 0 amide bonds. The zero-order valence-electron chi connectivity index (χ0n) is 6.06. The monoisotopic (exact) mass is 187 g/mol. The van der Waals surface area contributed by atoms with Crippen molar-refractivity contribution >= 4 is 23.6 Å². The molecule has 1 aromatic rings. The molecule has 0 heterocycles. The maximum absolute atomic E-state index is 11.4. The Kier molecular flexibility index (Phi) is 2.79. The van der Waals surface area contributed by atoms with Gasteiger partial charge in [0.05, 0.1) is 0 Å². The van der Waals surface area contributed by atoms with Crippen molar-refractivity contribution < 1.29 is 9.42 Å². The zero-order valence-corrected chi connectivity index (χ0v) is 7.77. The third-order valence-electron chi connectivity index (χ3n) is 1.31. The lowest BCUT2D eigenvalue weighted by Crippen LogP contribution is -2.15. The number of hydrogen-bond acceptors (Lipinski definition) is 3. The molecule has 1 atom stereocenters. The Hall–Kier alpha value is -0.210. The van der Waals surface area contributed by atoms with Gasteiger partial charge in [-0.25, -0.2) is 0 Å². The molecule has 0 aliphatic heterocycles. The first-order valence-electron chi connectivity index (χ1n) is 3.09. The standard InChI is InChI=1S/C7H9O2PS/c1-9-10(8,11)7-5-3-2-4-6-7/h2-6H,1H3,(H,8,11)/p-1. The highest BCUT2D eigenvalue weighted by Gasteiger charge is 2.01. The lowest BCUT2D eigenvalue weighted by molar-refractivity contribution is -0.176. The molecule has 1 rings (SSSR count). The second kappa shape index (κ2) is 3.46. The molecule has 0 saturated heterocycles. The zero-order chi connectivity index (χ0) is 8.32. The van der Waals surface area contributed by atoms with E-state index in [1.54, 1.807) is 24.3 Å². The Balaban J connectivity index is 3.03. The van der Waals surface area contributed by atoms with Crippen LogP contribution in [-0.2, 0) is 16.3 Å². The molecule has 0 radical (unpaired) electrons. The van der Waals surface area contributed by atoms with Gasteiger partial charge in [-0.2, -0.15) is 0 Å². The molecule has 0 bridgehead atoms. The van der Waals surface area contributed by atoms with Crippen LogP contribution in [0.2, 0.25) is 0 Å². The fraction of sp³-hybridized carbons (Fsp3) is 0.143. The average molecular weight is 187 g/mol. The van der Waals surface area contributed by atoms with Crippen molar-refractivity contribution in [1.82, 2.24) is 0 Å². The predicted molar refractivity (Wildman–Crippen MR) is 47.4 cm³/mol. The SMILES string of the molecule is COP([O-])(=S)c1ccccc1. The summed E-state index contributed by atoms with van der Waals surface area (Å²) >= 11 is 4.74. The van der Waals surface area contributed by atoms with Crippen LogP contribution in [0.4, 0.5) is 0 Å². The van der Waals surface area contributed by atoms with Gasteiger partial charge in [0.15, 0.2) is 0 Å². The summed E-state index contributed by atoms with van der Waals surface area (Å²) in [7, 11) is 1.36. The number of rotatable bonds is 2. The Bertz CT molecular complexity index is 273. The van der Waals surface area contributed by atoms with E-state index in [1.807, 2.05) is 6.07 Å². The van der Waals surface area contributed by atoms with Crippen LogP contribution in [0.1, 0.15) is 0 Å². The second-order valence-electron chi connectivity index (χ2n) is 2.02. The normalized spacial score (nSPS) is 15.8. The maximum atomic E-state index is 11.4. The van der Waals surface area contributed by atoms with Crippen LogP contribution in [0, 0.1) is 0 Å². The second-order valence-corrected chi connectivity index (χ2v) is 5.33. The minimum atomic E-state index is -2.94. The van der Waals surface area contributed by atoms with E-state index in [4.69, 9.17) is 16.3 Å². The molecule has 1 unspecified atom stereocenters. The summed E-state index contributed by atoms with van der Waals surface area (Å²) in [4.78, 5) is 11.4. The van der Waals surface area contributed by atoms with Crippen LogP contribution >= 0.6 is 6.49 Å². The molecule has 0 aliphatic rings. The summed E-state index contributed by atoms with van der Waals surface area (Å²) in [5, 5.41) is 0.581. The average Bonchev–Trinajstić information content (AvgIpc) is 2.06. The van der Waals surface area contributed by atoms with E-state index < -0.39 is 6.49 Å². The van der Waals surface area contributed by atoms with Crippen molar-refractivity contribution in [3.63, 3.8) is 0 Å². The van der Waals surface area contributed by atoms with Gasteiger partial charge in [0.25, 0.3) is 0 Å². The van der Waals surface area contributed by atoms with Crippen molar-refractivity contribution in [3.05, 3.63) is 30.3 Å². The number of benzene rings is 1. The summed E-state index contributed by atoms with van der Waals surface area (Å²) < 4.78 is 4.69. The van der Waals surface area contributed by atoms with Crippen LogP contribution in [0.15, 0.2) is 30.3 Å². The molecular weight excluding hydrogens is 179 g/mol. The van der Waals surface area contributed by atoms with E-state index in [-0.39, 0.29) is 0 Å². The van der Waals surface area contributed by atoms with Crippen LogP contribution in [0.5, 0.6) is 0 Å². The minimum absolute atomic E-state index is 0.581. The highest BCUT2D eigenvalue weighted by molar-refractivity contribution is 8.12. The molecular formula is C7H8O2PS-. The van der Waals surface area contributed by atoms with Gasteiger partial charge in [0.2, 0.25) is 0 Å². The van der Waals surface area contributed by atoms with Crippen LogP contribution < -0.4 is 10.2 Å². The van der Waals surface area contributed by atoms with Crippen LogP contribution in [0.25, 0.3) is 0 Å². The predicted octanol–water partition coefficient (Wildman–Crippen LogP) is 0.628. The molecule has 1 aromatic carbocycles. The van der Waals surface area contributed by atoms with Gasteiger partial charge in [0.1, 0.15) is 0 Å². The molecule has 0 saturated carbocycles. The molecule has 0 N–H and O–H groups in total. The lowest BCUT2D eigenvalue weighted by atomic mass is 10.4. The molecule has 60 valence electrons. The quantitative estimate of drug-likeness (QED) is 0.636. The highest BCUT2D eigenvalue weighted by Crippen LogP contribution is 2.34. The Morgan fingerprint density at radius 1 is 1.36 bits per heavy atom. The van der Waals surface area contributed by atoms with Gasteiger partial charge in [-0.1, -0.05) is 42.1 Å². The third kappa shape index (κ3) is 2.11. The van der Waals surface area contributed by atoms with Gasteiger partial charge in [-0.15, -0.1) is 0 Å². The van der Waals surface area contributed by atoms with Crippen molar-refractivity contribution in [2.45, 2.75) is 0 Å². The fourth-order valence-corrected chi connectivity index (χ4v) is 1.83. The molecule has 0 aliphatic carbocycles. The summed E-state index contributed by atoms with van der Waals surface area (Å²) in [5.74, 6) is 0. The van der Waals surface area contributed by atoms with Crippen molar-refractivity contribution in [2.24, 2.45) is 0 Å². The molecule has 2 nitrogen and oxygen atoms in total. The topological polar surface area (TPSA) is 32.3 Å². The first kappa shape index (κ1) is 8.88. The molecule has 0 aromatic heterocycles. The largest absolute Gasteiger partial charge is 0.797 e. The summed E-state index contributed by atoms with van der Waals surface area (Å²) in [6, 6.07) is 8.82. The van der Waals surface area contributed by atoms with E-state index >= 15 is 0 Å². The summed E-state index contributed by atoms with van der Waals surface area (Å²) in [6.45, 7) is -2.94. The van der Waals surface area contributed by atoms with Crippen molar-refractivity contribution in [1.29, 1.82) is 0 Å². The fourth-order valence-electron chi connectivity index (χ4n) is 0.716. The first-order valence-corrected chi connectivity index (χ1v) is 5.73. The van der Waals surface area contributed by atoms with Crippen LogP contribution in [-0.4, -0.2) is 7.11 Å². The Morgan fingerprint density at radius 2 is 1.91 bits per heavy atom. The van der Waals surface area contributed by atoms with E-state index in [2.05, 4.69) is 0 Å². The Morgan fingerprint density at radius 3 is 2.36 bits per heavy atom. The Labute approximate surface area is 71.0 Å². The molecule has 0 spiro atoms. The van der Waals surface area contributed by atoms with Gasteiger partial charge in [-0.3, -0.25) is 0 Å². The first-order chi connectivity index (χ1) is 5.17. The smallest absolute Gasteiger partial charge is 0.0396 e. The number of hydrogen-bond donors (Lipinski definition) is 0. The van der Waals surface area contributed by atoms with Gasteiger partial charge >= 0.3 is 0 Å². The van der Waals surface area contributed by atoms with E-state index in [1.165, 1.54) is 7.11 Å². The van der Waals surface area contributed by atoms with E-state index in [0.717, 1.165) is 0 Å². The highest BCUT2D eigenvalue weighted by atomic mass is 32.5. The van der Waals surface area contributed by atoms with Crippen LogP contribution in [0.3, 0.4) is 0 Å². The third-order valence-corrected chi connectivity index (χ3v) is 3.80. The summed E-state index contributed by atoms with van der Waals surface area (Å²) in [5.41, 5.74) is 0. The van der Waals surface area contributed by atoms with Gasteiger partial charge < -0.3 is 9.42 Å². The molecule has 0 fully saturated rings. The molecule has 11 heavy (non-hydrogen) atoms. The van der Waals surface area contributed by atoms with E-state index in [9.17, 15) is 4.89 Å². The lowest BCUT2D eigenvalue weighted by Gasteiger charge is -2.25. The van der Waals surface area contributed by atoms with Crippen molar-refractivity contribution in [3.8, 4) is 0 Å².